The monoisotopic (exact) mass is 263 g/mol. The minimum atomic E-state index is 0.194. The first-order valence-electron chi connectivity index (χ1n) is 7.44. The third-order valence-corrected chi connectivity index (χ3v) is 3.49. The van der Waals surface area contributed by atoms with Gasteiger partial charge in [-0.05, 0) is 39.5 Å². The van der Waals surface area contributed by atoms with Crippen molar-refractivity contribution < 1.29 is 4.74 Å². The van der Waals surface area contributed by atoms with Crippen molar-refractivity contribution in [2.45, 2.75) is 65.4 Å². The predicted octanol–water partition coefficient (Wildman–Crippen LogP) is 3.66. The largest absolute Gasteiger partial charge is 0.474 e. The highest BCUT2D eigenvalue weighted by molar-refractivity contribution is 5.49. The molecule has 0 spiro atoms. The number of aromatic nitrogens is 2. The first-order chi connectivity index (χ1) is 9.15. The standard InChI is InChI=1S/C15H25N3O/c1-5-9-16-13-11(4)15(19-10(3)6-2)18-14(17-13)12-7-8-12/h10,12H,5-9H2,1-4H3,(H,16,17,18). The van der Waals surface area contributed by atoms with Crippen LogP contribution >= 0.6 is 0 Å². The van der Waals surface area contributed by atoms with Gasteiger partial charge in [0.05, 0.1) is 11.7 Å². The van der Waals surface area contributed by atoms with Crippen LogP contribution in [0.1, 0.15) is 63.8 Å². The summed E-state index contributed by atoms with van der Waals surface area (Å²) in [5, 5.41) is 3.39. The molecule has 1 saturated carbocycles. The van der Waals surface area contributed by atoms with E-state index < -0.39 is 0 Å². The Labute approximate surface area is 116 Å². The molecule has 2 rings (SSSR count). The molecule has 1 heterocycles. The highest BCUT2D eigenvalue weighted by atomic mass is 16.5. The molecular weight excluding hydrogens is 238 g/mol. The van der Waals surface area contributed by atoms with Gasteiger partial charge in [-0.1, -0.05) is 13.8 Å². The molecule has 1 aliphatic carbocycles. The molecule has 0 saturated heterocycles. The lowest BCUT2D eigenvalue weighted by Crippen LogP contribution is -2.15. The summed E-state index contributed by atoms with van der Waals surface area (Å²) < 4.78 is 5.94. The molecule has 1 aliphatic rings. The fourth-order valence-corrected chi connectivity index (χ4v) is 1.84. The average molecular weight is 263 g/mol. The van der Waals surface area contributed by atoms with Gasteiger partial charge in [-0.25, -0.2) is 4.98 Å². The van der Waals surface area contributed by atoms with Crippen molar-refractivity contribution in [3.63, 3.8) is 0 Å². The van der Waals surface area contributed by atoms with E-state index in [1.54, 1.807) is 0 Å². The first kappa shape index (κ1) is 14.1. The molecule has 1 unspecified atom stereocenters. The molecule has 1 fully saturated rings. The summed E-state index contributed by atoms with van der Waals surface area (Å²) in [5.41, 5.74) is 1.03. The van der Waals surface area contributed by atoms with Crippen molar-refractivity contribution in [2.24, 2.45) is 0 Å². The van der Waals surface area contributed by atoms with Gasteiger partial charge in [0.2, 0.25) is 5.88 Å². The van der Waals surface area contributed by atoms with Gasteiger partial charge >= 0.3 is 0 Å². The number of nitrogens with zero attached hydrogens (tertiary/aromatic N) is 2. The van der Waals surface area contributed by atoms with Gasteiger partial charge in [-0.3, -0.25) is 0 Å². The van der Waals surface area contributed by atoms with Crippen LogP contribution in [0.4, 0.5) is 5.82 Å². The summed E-state index contributed by atoms with van der Waals surface area (Å²) in [6, 6.07) is 0. The summed E-state index contributed by atoms with van der Waals surface area (Å²) in [6.07, 6.45) is 4.68. The Morgan fingerprint density at radius 3 is 2.63 bits per heavy atom. The second-order valence-corrected chi connectivity index (χ2v) is 5.40. The molecule has 0 aromatic carbocycles. The van der Waals surface area contributed by atoms with Gasteiger partial charge in [-0.2, -0.15) is 4.98 Å². The molecule has 4 nitrogen and oxygen atoms in total. The molecule has 1 aromatic rings. The van der Waals surface area contributed by atoms with E-state index >= 15 is 0 Å². The zero-order valence-corrected chi connectivity index (χ0v) is 12.5. The van der Waals surface area contributed by atoms with Crippen LogP contribution in [0.25, 0.3) is 0 Å². The van der Waals surface area contributed by atoms with Crippen LogP contribution in [-0.4, -0.2) is 22.6 Å². The lowest BCUT2D eigenvalue weighted by Gasteiger charge is -2.17. The number of nitrogens with one attached hydrogen (secondary N) is 1. The average Bonchev–Trinajstić information content (AvgIpc) is 3.23. The van der Waals surface area contributed by atoms with Crippen LogP contribution < -0.4 is 10.1 Å². The van der Waals surface area contributed by atoms with E-state index in [-0.39, 0.29) is 6.10 Å². The minimum Gasteiger partial charge on any atom is -0.474 e. The van der Waals surface area contributed by atoms with Gasteiger partial charge in [-0.15, -0.1) is 0 Å². The van der Waals surface area contributed by atoms with E-state index in [0.717, 1.165) is 42.5 Å². The second-order valence-electron chi connectivity index (χ2n) is 5.40. The highest BCUT2D eigenvalue weighted by Crippen LogP contribution is 2.40. The number of rotatable bonds is 7. The van der Waals surface area contributed by atoms with E-state index in [9.17, 15) is 0 Å². The van der Waals surface area contributed by atoms with Crippen molar-refractivity contribution in [3.05, 3.63) is 11.4 Å². The van der Waals surface area contributed by atoms with E-state index in [2.05, 4.69) is 36.1 Å². The quantitative estimate of drug-likeness (QED) is 0.815. The molecule has 19 heavy (non-hydrogen) atoms. The van der Waals surface area contributed by atoms with Gasteiger partial charge in [0, 0.05) is 12.5 Å². The van der Waals surface area contributed by atoms with E-state index in [1.807, 2.05) is 6.92 Å². The first-order valence-corrected chi connectivity index (χ1v) is 7.44. The molecule has 1 aromatic heterocycles. The Bertz CT molecular complexity index is 430. The van der Waals surface area contributed by atoms with Gasteiger partial charge < -0.3 is 10.1 Å². The molecule has 0 aliphatic heterocycles. The summed E-state index contributed by atoms with van der Waals surface area (Å²) in [6.45, 7) is 9.33. The Balaban J connectivity index is 2.25. The highest BCUT2D eigenvalue weighted by Gasteiger charge is 2.28. The zero-order chi connectivity index (χ0) is 13.8. The normalized spacial score (nSPS) is 16.2. The Morgan fingerprint density at radius 1 is 1.32 bits per heavy atom. The molecule has 0 bridgehead atoms. The maximum Gasteiger partial charge on any atom is 0.222 e. The van der Waals surface area contributed by atoms with Crippen LogP contribution in [0.3, 0.4) is 0 Å². The Kier molecular flexibility index (Phi) is 4.61. The van der Waals surface area contributed by atoms with E-state index in [4.69, 9.17) is 4.74 Å². The number of anilines is 1. The SMILES string of the molecule is CCCNc1nc(C2CC2)nc(OC(C)CC)c1C. The maximum atomic E-state index is 5.94. The molecular formula is C15H25N3O. The molecule has 1 N–H and O–H groups in total. The number of hydrogen-bond acceptors (Lipinski definition) is 4. The zero-order valence-electron chi connectivity index (χ0n) is 12.5. The lowest BCUT2D eigenvalue weighted by molar-refractivity contribution is 0.206. The summed E-state index contributed by atoms with van der Waals surface area (Å²) in [4.78, 5) is 9.28. The van der Waals surface area contributed by atoms with Gasteiger partial charge in [0.15, 0.2) is 0 Å². The predicted molar refractivity (Wildman–Crippen MR) is 77.9 cm³/mol. The van der Waals surface area contributed by atoms with E-state index in [0.29, 0.717) is 5.92 Å². The fourth-order valence-electron chi connectivity index (χ4n) is 1.84. The van der Waals surface area contributed by atoms with Gasteiger partial charge in [0.25, 0.3) is 0 Å². The molecule has 0 radical (unpaired) electrons. The molecule has 4 heteroatoms. The van der Waals surface area contributed by atoms with Crippen molar-refractivity contribution in [2.75, 3.05) is 11.9 Å². The van der Waals surface area contributed by atoms with Crippen molar-refractivity contribution >= 4 is 5.82 Å². The maximum absolute atomic E-state index is 5.94. The number of hydrogen-bond donors (Lipinski definition) is 1. The Hall–Kier alpha value is -1.32. The molecule has 1 atom stereocenters. The van der Waals surface area contributed by atoms with Crippen LogP contribution in [-0.2, 0) is 0 Å². The topological polar surface area (TPSA) is 47.0 Å². The van der Waals surface area contributed by atoms with E-state index in [1.165, 1.54) is 12.8 Å². The fraction of sp³-hybridized carbons (Fsp3) is 0.733. The third kappa shape index (κ3) is 3.58. The van der Waals surface area contributed by atoms with Crippen molar-refractivity contribution in [1.29, 1.82) is 0 Å². The van der Waals surface area contributed by atoms with Gasteiger partial charge in [0.1, 0.15) is 11.6 Å². The third-order valence-electron chi connectivity index (χ3n) is 3.49. The van der Waals surface area contributed by atoms with Crippen molar-refractivity contribution in [1.82, 2.24) is 9.97 Å². The summed E-state index contributed by atoms with van der Waals surface area (Å²) in [5.74, 6) is 3.19. The minimum absolute atomic E-state index is 0.194. The summed E-state index contributed by atoms with van der Waals surface area (Å²) >= 11 is 0. The Morgan fingerprint density at radius 2 is 2.05 bits per heavy atom. The number of ether oxygens (including phenoxy) is 1. The summed E-state index contributed by atoms with van der Waals surface area (Å²) in [7, 11) is 0. The van der Waals surface area contributed by atoms with Crippen LogP contribution in [0.15, 0.2) is 0 Å². The molecule has 106 valence electrons. The van der Waals surface area contributed by atoms with Crippen LogP contribution in [0, 0.1) is 6.92 Å². The lowest BCUT2D eigenvalue weighted by atomic mass is 10.2. The smallest absolute Gasteiger partial charge is 0.222 e. The van der Waals surface area contributed by atoms with Crippen molar-refractivity contribution in [3.8, 4) is 5.88 Å². The second kappa shape index (κ2) is 6.22. The molecule has 0 amide bonds. The van der Waals surface area contributed by atoms with Crippen LogP contribution in [0.2, 0.25) is 0 Å². The van der Waals surface area contributed by atoms with Crippen LogP contribution in [0.5, 0.6) is 5.88 Å².